The van der Waals surface area contributed by atoms with Gasteiger partial charge in [0.25, 0.3) is 0 Å². The lowest BCUT2D eigenvalue weighted by Crippen LogP contribution is -2.34. The number of hydrogen-bond acceptors (Lipinski definition) is 8. The lowest BCUT2D eigenvalue weighted by atomic mass is 9.80. The Balaban J connectivity index is 1.29. The molecule has 0 aromatic heterocycles. The average Bonchev–Trinajstić information content (AvgIpc) is 3.03. The Morgan fingerprint density at radius 2 is 0.634 bits per heavy atom. The van der Waals surface area contributed by atoms with Crippen LogP contribution in [0.5, 0.6) is 0 Å². The molecule has 8 nitrogen and oxygen atoms in total. The van der Waals surface area contributed by atoms with E-state index in [1.54, 1.807) is 0 Å². The molecule has 0 atom stereocenters. The van der Waals surface area contributed by atoms with Crippen molar-refractivity contribution in [1.82, 2.24) is 0 Å². The Kier molecular flexibility index (Phi) is 16.9. The molecule has 0 amide bonds. The quantitative estimate of drug-likeness (QED) is 0.128. The molecule has 0 radical (unpaired) electrons. The Hall–Kier alpha value is -2.66. The van der Waals surface area contributed by atoms with Crippen LogP contribution in [0.1, 0.15) is 16.7 Å². The molecule has 0 aliphatic carbocycles. The molecule has 3 aromatic rings. The third-order valence-electron chi connectivity index (χ3n) is 6.18. The van der Waals surface area contributed by atoms with E-state index >= 15 is 0 Å². The molecular weight excluding hydrogens is 524 g/mol. The second kappa shape index (κ2) is 21.1. The first-order chi connectivity index (χ1) is 20.4. The SMILES string of the molecule is OCCOCCOCCOCCOCCOCCOCCOC(c1ccccc1)(c1ccccc1)c1ccccc1. The maximum Gasteiger partial charge on any atom is 0.143 e. The average molecular weight is 569 g/mol. The molecule has 0 aliphatic rings. The van der Waals surface area contributed by atoms with Crippen molar-refractivity contribution in [3.8, 4) is 0 Å². The van der Waals surface area contributed by atoms with Crippen molar-refractivity contribution >= 4 is 0 Å². The van der Waals surface area contributed by atoms with Crippen molar-refractivity contribution in [2.75, 3.05) is 92.5 Å². The maximum atomic E-state index is 8.61. The van der Waals surface area contributed by atoms with Crippen LogP contribution in [0.3, 0.4) is 0 Å². The zero-order valence-electron chi connectivity index (χ0n) is 23.9. The van der Waals surface area contributed by atoms with Crippen LogP contribution in [0, 0.1) is 0 Å². The Morgan fingerprint density at radius 3 is 0.927 bits per heavy atom. The molecule has 0 unspecified atom stereocenters. The van der Waals surface area contributed by atoms with Gasteiger partial charge in [-0.05, 0) is 16.7 Å². The highest BCUT2D eigenvalue weighted by Gasteiger charge is 2.37. The highest BCUT2D eigenvalue weighted by molar-refractivity contribution is 5.47. The first-order valence-electron chi connectivity index (χ1n) is 14.3. The van der Waals surface area contributed by atoms with E-state index in [1.807, 2.05) is 54.6 Å². The molecule has 0 saturated carbocycles. The fourth-order valence-electron chi connectivity index (χ4n) is 4.29. The minimum atomic E-state index is -0.743. The number of rotatable bonds is 24. The van der Waals surface area contributed by atoms with E-state index in [0.29, 0.717) is 85.9 Å². The van der Waals surface area contributed by atoms with Gasteiger partial charge in [0.05, 0.1) is 92.5 Å². The molecule has 41 heavy (non-hydrogen) atoms. The predicted molar refractivity (Wildman–Crippen MR) is 157 cm³/mol. The maximum absolute atomic E-state index is 8.61. The summed E-state index contributed by atoms with van der Waals surface area (Å²) in [5.41, 5.74) is 2.47. The fourth-order valence-corrected chi connectivity index (χ4v) is 4.29. The van der Waals surface area contributed by atoms with Crippen molar-refractivity contribution < 1.29 is 38.3 Å². The van der Waals surface area contributed by atoms with Gasteiger partial charge in [-0.2, -0.15) is 0 Å². The second-order valence-corrected chi connectivity index (χ2v) is 9.03. The molecular formula is C33H44O8. The Morgan fingerprint density at radius 1 is 0.366 bits per heavy atom. The van der Waals surface area contributed by atoms with E-state index in [9.17, 15) is 0 Å². The van der Waals surface area contributed by atoms with Gasteiger partial charge in [-0.25, -0.2) is 0 Å². The molecule has 3 rings (SSSR count). The van der Waals surface area contributed by atoms with E-state index in [-0.39, 0.29) is 6.61 Å². The van der Waals surface area contributed by atoms with E-state index in [2.05, 4.69) is 36.4 Å². The van der Waals surface area contributed by atoms with Crippen molar-refractivity contribution in [3.05, 3.63) is 108 Å². The lowest BCUT2D eigenvalue weighted by molar-refractivity contribution is -0.0396. The van der Waals surface area contributed by atoms with Gasteiger partial charge in [0.15, 0.2) is 0 Å². The monoisotopic (exact) mass is 568 g/mol. The summed E-state index contributed by atoms with van der Waals surface area (Å²) in [6.07, 6.45) is 0. The summed E-state index contributed by atoms with van der Waals surface area (Å²) < 4.78 is 39.6. The zero-order valence-corrected chi connectivity index (χ0v) is 23.9. The van der Waals surface area contributed by atoms with Gasteiger partial charge in [-0.3, -0.25) is 0 Å². The molecule has 1 N–H and O–H groups in total. The van der Waals surface area contributed by atoms with Gasteiger partial charge in [0, 0.05) is 0 Å². The van der Waals surface area contributed by atoms with Crippen LogP contribution in [-0.4, -0.2) is 97.6 Å². The van der Waals surface area contributed by atoms with E-state index < -0.39 is 5.60 Å². The highest BCUT2D eigenvalue weighted by Crippen LogP contribution is 2.40. The zero-order chi connectivity index (χ0) is 28.7. The summed E-state index contributed by atoms with van der Waals surface area (Å²) in [5, 5.41) is 8.61. The summed E-state index contributed by atoms with van der Waals surface area (Å²) >= 11 is 0. The standard InChI is InChI=1S/C33H44O8/c34-16-17-35-18-19-36-20-21-37-22-23-38-24-25-39-26-27-40-28-29-41-33(30-10-4-1-5-11-30,31-12-6-2-7-13-31)32-14-8-3-9-15-32/h1-15,34H,16-29H2. The van der Waals surface area contributed by atoms with Crippen molar-refractivity contribution in [1.29, 1.82) is 0 Å². The summed E-state index contributed by atoms with van der Waals surface area (Å²) in [4.78, 5) is 0. The molecule has 8 heteroatoms. The predicted octanol–water partition coefficient (Wildman–Crippen LogP) is 4.09. The van der Waals surface area contributed by atoms with Crippen LogP contribution in [0.2, 0.25) is 0 Å². The molecule has 0 spiro atoms. The number of ether oxygens (including phenoxy) is 7. The van der Waals surface area contributed by atoms with E-state index in [0.717, 1.165) is 16.7 Å². The first kappa shape index (κ1) is 32.8. The molecule has 0 fully saturated rings. The Labute approximate surface area is 244 Å². The van der Waals surface area contributed by atoms with Crippen LogP contribution in [0.25, 0.3) is 0 Å². The topological polar surface area (TPSA) is 84.8 Å². The lowest BCUT2D eigenvalue weighted by Gasteiger charge is -2.36. The molecule has 3 aromatic carbocycles. The third kappa shape index (κ3) is 12.0. The molecule has 224 valence electrons. The second-order valence-electron chi connectivity index (χ2n) is 9.03. The number of benzene rings is 3. The van der Waals surface area contributed by atoms with Gasteiger partial charge in [-0.15, -0.1) is 0 Å². The molecule has 0 aliphatic heterocycles. The largest absolute Gasteiger partial charge is 0.394 e. The van der Waals surface area contributed by atoms with Crippen LogP contribution in [0.4, 0.5) is 0 Å². The fraction of sp³-hybridized carbons (Fsp3) is 0.455. The van der Waals surface area contributed by atoms with Gasteiger partial charge < -0.3 is 38.3 Å². The van der Waals surface area contributed by atoms with Gasteiger partial charge >= 0.3 is 0 Å². The van der Waals surface area contributed by atoms with Gasteiger partial charge in [0.2, 0.25) is 0 Å². The van der Waals surface area contributed by atoms with Gasteiger partial charge in [-0.1, -0.05) is 91.0 Å². The van der Waals surface area contributed by atoms with Crippen LogP contribution >= 0.6 is 0 Å². The van der Waals surface area contributed by atoms with Crippen LogP contribution in [-0.2, 0) is 38.8 Å². The molecule has 0 bridgehead atoms. The van der Waals surface area contributed by atoms with Crippen molar-refractivity contribution in [2.45, 2.75) is 5.60 Å². The third-order valence-corrected chi connectivity index (χ3v) is 6.18. The number of hydrogen-bond donors (Lipinski definition) is 1. The van der Waals surface area contributed by atoms with E-state index in [1.165, 1.54) is 0 Å². The normalized spacial score (nSPS) is 11.6. The minimum absolute atomic E-state index is 0.0264. The highest BCUT2D eigenvalue weighted by atomic mass is 16.6. The van der Waals surface area contributed by atoms with Crippen molar-refractivity contribution in [2.24, 2.45) is 0 Å². The van der Waals surface area contributed by atoms with Crippen LogP contribution in [0.15, 0.2) is 91.0 Å². The first-order valence-corrected chi connectivity index (χ1v) is 14.3. The van der Waals surface area contributed by atoms with Crippen molar-refractivity contribution in [3.63, 3.8) is 0 Å². The molecule has 0 saturated heterocycles. The van der Waals surface area contributed by atoms with E-state index in [4.69, 9.17) is 38.3 Å². The number of aliphatic hydroxyl groups excluding tert-OH is 1. The van der Waals surface area contributed by atoms with Gasteiger partial charge in [0.1, 0.15) is 5.60 Å². The minimum Gasteiger partial charge on any atom is -0.394 e. The summed E-state index contributed by atoms with van der Waals surface area (Å²) in [5.74, 6) is 0. The summed E-state index contributed by atoms with van der Waals surface area (Å²) in [6, 6.07) is 31.0. The smallest absolute Gasteiger partial charge is 0.143 e. The summed E-state index contributed by atoms with van der Waals surface area (Å²) in [6.45, 7) is 6.17. The Bertz CT molecular complexity index is 907. The number of aliphatic hydroxyl groups is 1. The summed E-state index contributed by atoms with van der Waals surface area (Å²) in [7, 11) is 0. The van der Waals surface area contributed by atoms with Crippen LogP contribution < -0.4 is 0 Å². The molecule has 0 heterocycles.